The zero-order valence-electron chi connectivity index (χ0n) is 11.8. The molecule has 1 aromatic heterocycles. The van der Waals surface area contributed by atoms with Crippen molar-refractivity contribution < 1.29 is 0 Å². The monoisotopic (exact) mass is 260 g/mol. The molecule has 19 heavy (non-hydrogen) atoms. The number of piperazine rings is 1. The maximum Gasteiger partial charge on any atom is 0.131 e. The van der Waals surface area contributed by atoms with Gasteiger partial charge in [0.1, 0.15) is 5.82 Å². The van der Waals surface area contributed by atoms with Crippen LogP contribution in [0.2, 0.25) is 0 Å². The first kappa shape index (κ1) is 12.9. The van der Waals surface area contributed by atoms with Crippen LogP contribution in [0.1, 0.15) is 12.0 Å². The van der Waals surface area contributed by atoms with Gasteiger partial charge in [-0.2, -0.15) is 0 Å². The Morgan fingerprint density at radius 2 is 2.16 bits per heavy atom. The number of rotatable bonds is 3. The summed E-state index contributed by atoms with van der Waals surface area (Å²) in [6.07, 6.45) is 3.25. The molecule has 3 heterocycles. The standard InChI is InChI=1S/C15H24N4/c1-13-3-2-5-17-15(13)19-9-7-18(8-10-19)12-14-4-6-16-11-14/h2-3,5,14,16H,4,6-12H2,1H3/t14-/m1/s1. The molecule has 4 nitrogen and oxygen atoms in total. The fraction of sp³-hybridized carbons (Fsp3) is 0.667. The maximum absolute atomic E-state index is 4.53. The van der Waals surface area contributed by atoms with Crippen LogP contribution in [-0.2, 0) is 0 Å². The van der Waals surface area contributed by atoms with E-state index in [0.29, 0.717) is 0 Å². The van der Waals surface area contributed by atoms with E-state index >= 15 is 0 Å². The molecule has 3 rings (SSSR count). The molecule has 0 aliphatic carbocycles. The highest BCUT2D eigenvalue weighted by Gasteiger charge is 2.23. The third-order valence-electron chi connectivity index (χ3n) is 4.33. The van der Waals surface area contributed by atoms with Crippen molar-refractivity contribution in [2.45, 2.75) is 13.3 Å². The average molecular weight is 260 g/mol. The van der Waals surface area contributed by atoms with Crippen LogP contribution in [0.4, 0.5) is 5.82 Å². The van der Waals surface area contributed by atoms with Crippen LogP contribution in [0.25, 0.3) is 0 Å². The van der Waals surface area contributed by atoms with Crippen LogP contribution < -0.4 is 10.2 Å². The number of aromatic nitrogens is 1. The summed E-state index contributed by atoms with van der Waals surface area (Å²) in [5.41, 5.74) is 1.29. The molecule has 0 unspecified atom stereocenters. The number of pyridine rings is 1. The first-order valence-corrected chi connectivity index (χ1v) is 7.42. The van der Waals surface area contributed by atoms with Crippen LogP contribution in [0.3, 0.4) is 0 Å². The van der Waals surface area contributed by atoms with E-state index in [2.05, 4.69) is 33.1 Å². The van der Waals surface area contributed by atoms with Crippen molar-refractivity contribution in [2.24, 2.45) is 5.92 Å². The summed E-state index contributed by atoms with van der Waals surface area (Å²) < 4.78 is 0. The van der Waals surface area contributed by atoms with E-state index in [0.717, 1.165) is 19.0 Å². The second kappa shape index (κ2) is 5.88. The maximum atomic E-state index is 4.53. The van der Waals surface area contributed by atoms with Crippen LogP contribution in [-0.4, -0.2) is 55.7 Å². The van der Waals surface area contributed by atoms with Gasteiger partial charge < -0.3 is 10.2 Å². The zero-order valence-corrected chi connectivity index (χ0v) is 11.8. The van der Waals surface area contributed by atoms with Gasteiger partial charge in [0.15, 0.2) is 0 Å². The number of hydrogen-bond acceptors (Lipinski definition) is 4. The minimum atomic E-state index is 0.864. The van der Waals surface area contributed by atoms with E-state index < -0.39 is 0 Å². The largest absolute Gasteiger partial charge is 0.354 e. The highest BCUT2D eigenvalue weighted by atomic mass is 15.3. The topological polar surface area (TPSA) is 31.4 Å². The van der Waals surface area contributed by atoms with Crippen molar-refractivity contribution in [3.8, 4) is 0 Å². The highest BCUT2D eigenvalue weighted by molar-refractivity contribution is 5.46. The zero-order chi connectivity index (χ0) is 13.1. The van der Waals surface area contributed by atoms with Gasteiger partial charge in [-0.3, -0.25) is 4.90 Å². The van der Waals surface area contributed by atoms with Gasteiger partial charge in [-0.05, 0) is 44.0 Å². The van der Waals surface area contributed by atoms with Crippen molar-refractivity contribution in [1.29, 1.82) is 0 Å². The molecular formula is C15H24N4. The van der Waals surface area contributed by atoms with Crippen molar-refractivity contribution in [1.82, 2.24) is 15.2 Å². The molecule has 1 N–H and O–H groups in total. The lowest BCUT2D eigenvalue weighted by molar-refractivity contribution is 0.224. The summed E-state index contributed by atoms with van der Waals surface area (Å²) in [5.74, 6) is 2.04. The molecular weight excluding hydrogens is 236 g/mol. The second-order valence-corrected chi connectivity index (χ2v) is 5.79. The first-order valence-electron chi connectivity index (χ1n) is 7.42. The van der Waals surface area contributed by atoms with Gasteiger partial charge in [0.25, 0.3) is 0 Å². The third-order valence-corrected chi connectivity index (χ3v) is 4.33. The van der Waals surface area contributed by atoms with Gasteiger partial charge in [0.2, 0.25) is 0 Å². The van der Waals surface area contributed by atoms with Crippen molar-refractivity contribution in [3.63, 3.8) is 0 Å². The van der Waals surface area contributed by atoms with Crippen LogP contribution in [0.5, 0.6) is 0 Å². The lowest BCUT2D eigenvalue weighted by Gasteiger charge is -2.37. The van der Waals surface area contributed by atoms with E-state index in [4.69, 9.17) is 0 Å². The smallest absolute Gasteiger partial charge is 0.131 e. The Hall–Kier alpha value is -1.13. The van der Waals surface area contributed by atoms with E-state index in [1.165, 1.54) is 50.5 Å². The Labute approximate surface area is 115 Å². The number of hydrogen-bond donors (Lipinski definition) is 1. The number of aryl methyl sites for hydroxylation is 1. The summed E-state index contributed by atoms with van der Waals surface area (Å²) in [7, 11) is 0. The molecule has 0 bridgehead atoms. The molecule has 2 aliphatic rings. The number of nitrogens with one attached hydrogen (secondary N) is 1. The van der Waals surface area contributed by atoms with Gasteiger partial charge >= 0.3 is 0 Å². The van der Waals surface area contributed by atoms with Crippen molar-refractivity contribution in [3.05, 3.63) is 23.9 Å². The van der Waals surface area contributed by atoms with E-state index in [1.54, 1.807) is 0 Å². The third kappa shape index (κ3) is 3.07. The molecule has 4 heteroatoms. The summed E-state index contributed by atoms with van der Waals surface area (Å²) in [5, 5.41) is 3.46. The summed E-state index contributed by atoms with van der Waals surface area (Å²) >= 11 is 0. The number of nitrogens with zero attached hydrogens (tertiary/aromatic N) is 3. The second-order valence-electron chi connectivity index (χ2n) is 5.79. The molecule has 0 radical (unpaired) electrons. The van der Waals surface area contributed by atoms with Crippen LogP contribution in [0, 0.1) is 12.8 Å². The van der Waals surface area contributed by atoms with Crippen LogP contribution in [0.15, 0.2) is 18.3 Å². The summed E-state index contributed by atoms with van der Waals surface area (Å²) in [6, 6.07) is 4.17. The molecule has 0 amide bonds. The molecule has 2 aliphatic heterocycles. The van der Waals surface area contributed by atoms with Gasteiger partial charge in [0, 0.05) is 38.9 Å². The summed E-state index contributed by atoms with van der Waals surface area (Å²) in [4.78, 5) is 9.57. The number of anilines is 1. The highest BCUT2D eigenvalue weighted by Crippen LogP contribution is 2.18. The van der Waals surface area contributed by atoms with Crippen LogP contribution >= 0.6 is 0 Å². The molecule has 1 aromatic rings. The predicted molar refractivity (Wildman–Crippen MR) is 78.6 cm³/mol. The fourth-order valence-corrected chi connectivity index (χ4v) is 3.19. The first-order chi connectivity index (χ1) is 9.33. The molecule has 104 valence electrons. The molecule has 0 spiro atoms. The Morgan fingerprint density at radius 1 is 1.32 bits per heavy atom. The summed E-state index contributed by atoms with van der Waals surface area (Å²) in [6.45, 7) is 10.4. The molecule has 2 fully saturated rings. The molecule has 1 atom stereocenters. The lowest BCUT2D eigenvalue weighted by Crippen LogP contribution is -2.48. The SMILES string of the molecule is Cc1cccnc1N1CCN(C[C@@H]2CCNC2)CC1. The van der Waals surface area contributed by atoms with Gasteiger partial charge in [-0.1, -0.05) is 6.07 Å². The molecule has 2 saturated heterocycles. The van der Waals surface area contributed by atoms with Gasteiger partial charge in [-0.25, -0.2) is 4.98 Å². The van der Waals surface area contributed by atoms with Gasteiger partial charge in [-0.15, -0.1) is 0 Å². The minimum Gasteiger partial charge on any atom is -0.354 e. The van der Waals surface area contributed by atoms with Crippen molar-refractivity contribution >= 4 is 5.82 Å². The van der Waals surface area contributed by atoms with Crippen molar-refractivity contribution in [2.75, 3.05) is 50.7 Å². The van der Waals surface area contributed by atoms with E-state index in [9.17, 15) is 0 Å². The van der Waals surface area contributed by atoms with E-state index in [1.807, 2.05) is 12.3 Å². The normalized spacial score (nSPS) is 24.9. The Balaban J connectivity index is 1.53. The van der Waals surface area contributed by atoms with Gasteiger partial charge in [0.05, 0.1) is 0 Å². The quantitative estimate of drug-likeness (QED) is 0.882. The molecule has 0 aromatic carbocycles. The Bertz CT molecular complexity index is 406. The Morgan fingerprint density at radius 3 is 2.84 bits per heavy atom. The predicted octanol–water partition coefficient (Wildman–Crippen LogP) is 1.12. The van der Waals surface area contributed by atoms with E-state index in [-0.39, 0.29) is 0 Å². The lowest BCUT2D eigenvalue weighted by atomic mass is 10.1. The average Bonchev–Trinajstić information content (AvgIpc) is 2.93. The molecule has 0 saturated carbocycles. The minimum absolute atomic E-state index is 0.864. The fourth-order valence-electron chi connectivity index (χ4n) is 3.19. The Kier molecular flexibility index (Phi) is 3.99.